The van der Waals surface area contributed by atoms with Gasteiger partial charge in [0.15, 0.2) is 0 Å². The van der Waals surface area contributed by atoms with E-state index >= 15 is 0 Å². The minimum Gasteiger partial charge on any atom is -0.456 e. The average molecular weight is 332 g/mol. The van der Waals surface area contributed by atoms with Crippen LogP contribution < -0.4 is 4.74 Å². The van der Waals surface area contributed by atoms with Crippen LogP contribution in [-0.4, -0.2) is 0 Å². The largest absolute Gasteiger partial charge is 0.456 e. The van der Waals surface area contributed by atoms with Crippen LogP contribution in [0.15, 0.2) is 46.9 Å². The highest BCUT2D eigenvalue weighted by molar-refractivity contribution is 9.10. The summed E-state index contributed by atoms with van der Waals surface area (Å²) in [5.74, 6) is 1.74. The van der Waals surface area contributed by atoms with Crippen molar-refractivity contribution in [1.82, 2.24) is 0 Å². The highest BCUT2D eigenvalue weighted by Crippen LogP contribution is 2.34. The Balaban J connectivity index is 2.37. The second-order valence-corrected chi connectivity index (χ2v) is 4.91. The lowest BCUT2D eigenvalue weighted by molar-refractivity contribution is 0.475. The van der Waals surface area contributed by atoms with Crippen molar-refractivity contribution in [3.63, 3.8) is 0 Å². The van der Waals surface area contributed by atoms with Crippen LogP contribution in [0.3, 0.4) is 0 Å². The molecule has 0 radical (unpaired) electrons. The van der Waals surface area contributed by atoms with Crippen LogP contribution in [0.2, 0.25) is 5.02 Å². The van der Waals surface area contributed by atoms with Gasteiger partial charge in [0, 0.05) is 10.6 Å². The van der Waals surface area contributed by atoms with Crippen molar-refractivity contribution < 1.29 is 4.74 Å². The maximum atomic E-state index is 6.06. The van der Waals surface area contributed by atoms with Gasteiger partial charge in [-0.25, -0.2) is 0 Å². The van der Waals surface area contributed by atoms with Crippen molar-refractivity contribution in [2.75, 3.05) is 0 Å². The van der Waals surface area contributed by atoms with E-state index in [0.717, 1.165) is 15.8 Å². The molecule has 17 heavy (non-hydrogen) atoms. The van der Waals surface area contributed by atoms with E-state index in [4.69, 9.17) is 27.9 Å². The van der Waals surface area contributed by atoms with Gasteiger partial charge in [-0.3, -0.25) is 0 Å². The van der Waals surface area contributed by atoms with Crippen LogP contribution >= 0.6 is 39.1 Å². The monoisotopic (exact) mass is 330 g/mol. The van der Waals surface area contributed by atoms with Gasteiger partial charge in [0.1, 0.15) is 11.5 Å². The Labute approximate surface area is 118 Å². The van der Waals surface area contributed by atoms with E-state index in [-0.39, 0.29) is 0 Å². The summed E-state index contributed by atoms with van der Waals surface area (Å²) in [6, 6.07) is 13.1. The quantitative estimate of drug-likeness (QED) is 0.662. The minimum atomic E-state index is 0.319. The number of para-hydroxylation sites is 1. The fourth-order valence-electron chi connectivity index (χ4n) is 1.41. The van der Waals surface area contributed by atoms with E-state index in [1.165, 1.54) is 0 Å². The van der Waals surface area contributed by atoms with Gasteiger partial charge in [-0.05, 0) is 40.2 Å². The van der Waals surface area contributed by atoms with Crippen LogP contribution in [-0.2, 0) is 5.88 Å². The minimum absolute atomic E-state index is 0.319. The van der Waals surface area contributed by atoms with Crippen molar-refractivity contribution in [2.24, 2.45) is 0 Å². The highest BCUT2D eigenvalue weighted by atomic mass is 79.9. The van der Waals surface area contributed by atoms with Gasteiger partial charge in [0.2, 0.25) is 0 Å². The predicted molar refractivity (Wildman–Crippen MR) is 75.2 cm³/mol. The summed E-state index contributed by atoms with van der Waals surface area (Å²) >= 11 is 15.4. The van der Waals surface area contributed by atoms with E-state index in [1.54, 1.807) is 6.07 Å². The number of alkyl halides is 1. The van der Waals surface area contributed by atoms with E-state index in [1.807, 2.05) is 36.4 Å². The molecule has 0 aliphatic rings. The molecule has 2 aromatic rings. The Morgan fingerprint density at radius 3 is 2.41 bits per heavy atom. The normalized spacial score (nSPS) is 10.3. The average Bonchev–Trinajstić information content (AvgIpc) is 2.32. The Hall–Kier alpha value is -0.700. The van der Waals surface area contributed by atoms with Crippen LogP contribution in [0, 0.1) is 0 Å². The van der Waals surface area contributed by atoms with E-state index in [0.29, 0.717) is 16.7 Å². The zero-order valence-corrected chi connectivity index (χ0v) is 11.9. The van der Waals surface area contributed by atoms with Crippen LogP contribution in [0.1, 0.15) is 5.56 Å². The van der Waals surface area contributed by atoms with Gasteiger partial charge < -0.3 is 4.74 Å². The number of rotatable bonds is 3. The molecule has 2 rings (SSSR count). The molecular formula is C13H9BrCl2O. The molecule has 0 bridgehead atoms. The molecule has 0 unspecified atom stereocenters. The van der Waals surface area contributed by atoms with Crippen LogP contribution in [0.5, 0.6) is 11.5 Å². The Morgan fingerprint density at radius 1 is 1.00 bits per heavy atom. The maximum Gasteiger partial charge on any atom is 0.141 e. The zero-order valence-electron chi connectivity index (χ0n) is 8.79. The number of hydrogen-bond acceptors (Lipinski definition) is 1. The molecular weight excluding hydrogens is 323 g/mol. The van der Waals surface area contributed by atoms with Gasteiger partial charge in [0.25, 0.3) is 0 Å². The lowest BCUT2D eigenvalue weighted by Gasteiger charge is -2.11. The SMILES string of the molecule is ClCc1c(Cl)cccc1Oc1ccccc1Br. The molecule has 0 aromatic heterocycles. The third-order valence-electron chi connectivity index (χ3n) is 2.27. The summed E-state index contributed by atoms with van der Waals surface area (Å²) in [7, 11) is 0. The molecule has 0 atom stereocenters. The molecule has 4 heteroatoms. The molecule has 0 spiro atoms. The molecule has 88 valence electrons. The van der Waals surface area contributed by atoms with E-state index < -0.39 is 0 Å². The van der Waals surface area contributed by atoms with Crippen molar-refractivity contribution in [2.45, 2.75) is 5.88 Å². The lowest BCUT2D eigenvalue weighted by Crippen LogP contribution is -1.91. The van der Waals surface area contributed by atoms with Crippen molar-refractivity contribution in [3.8, 4) is 11.5 Å². The molecule has 0 N–H and O–H groups in total. The number of halogens is 3. The molecule has 0 amide bonds. The Bertz CT molecular complexity index is 529. The van der Waals surface area contributed by atoms with Gasteiger partial charge in [0.05, 0.1) is 10.4 Å². The second-order valence-electron chi connectivity index (χ2n) is 3.38. The van der Waals surface area contributed by atoms with Crippen LogP contribution in [0.4, 0.5) is 0 Å². The van der Waals surface area contributed by atoms with Gasteiger partial charge in [-0.1, -0.05) is 29.8 Å². The summed E-state index contributed by atoms with van der Waals surface area (Å²) in [5.41, 5.74) is 0.798. The summed E-state index contributed by atoms with van der Waals surface area (Å²) < 4.78 is 6.69. The highest BCUT2D eigenvalue weighted by Gasteiger charge is 2.09. The van der Waals surface area contributed by atoms with Crippen molar-refractivity contribution >= 4 is 39.1 Å². The molecule has 0 heterocycles. The first-order chi connectivity index (χ1) is 8.22. The fourth-order valence-corrected chi connectivity index (χ4v) is 2.35. The van der Waals surface area contributed by atoms with Crippen molar-refractivity contribution in [1.29, 1.82) is 0 Å². The lowest BCUT2D eigenvalue weighted by atomic mass is 10.2. The second kappa shape index (κ2) is 5.76. The number of hydrogen-bond donors (Lipinski definition) is 0. The summed E-state index contributed by atoms with van der Waals surface area (Å²) in [6.45, 7) is 0. The summed E-state index contributed by atoms with van der Waals surface area (Å²) in [4.78, 5) is 0. The fraction of sp³-hybridized carbons (Fsp3) is 0.0769. The molecule has 0 saturated carbocycles. The summed E-state index contributed by atoms with van der Waals surface area (Å²) in [5, 5.41) is 0.615. The van der Waals surface area contributed by atoms with E-state index in [9.17, 15) is 0 Å². The standard InChI is InChI=1S/C13H9BrCl2O/c14-10-4-1-2-6-13(10)17-12-7-3-5-11(16)9(12)8-15/h1-7H,8H2. The van der Waals surface area contributed by atoms with Gasteiger partial charge in [-0.15, -0.1) is 11.6 Å². The van der Waals surface area contributed by atoms with E-state index in [2.05, 4.69) is 15.9 Å². The predicted octanol–water partition coefficient (Wildman–Crippen LogP) is 5.63. The first-order valence-electron chi connectivity index (χ1n) is 4.98. The topological polar surface area (TPSA) is 9.23 Å². The van der Waals surface area contributed by atoms with Crippen LogP contribution in [0.25, 0.3) is 0 Å². The molecule has 1 nitrogen and oxygen atoms in total. The molecule has 0 saturated heterocycles. The third kappa shape index (κ3) is 2.95. The summed E-state index contributed by atoms with van der Waals surface area (Å²) in [6.07, 6.45) is 0. The third-order valence-corrected chi connectivity index (χ3v) is 3.54. The number of benzene rings is 2. The van der Waals surface area contributed by atoms with Crippen molar-refractivity contribution in [3.05, 3.63) is 57.5 Å². The molecule has 0 fully saturated rings. The molecule has 0 aliphatic heterocycles. The zero-order chi connectivity index (χ0) is 12.3. The Morgan fingerprint density at radius 2 is 1.71 bits per heavy atom. The first kappa shape index (κ1) is 12.7. The van der Waals surface area contributed by atoms with Gasteiger partial charge >= 0.3 is 0 Å². The maximum absolute atomic E-state index is 6.06. The molecule has 2 aromatic carbocycles. The molecule has 0 aliphatic carbocycles. The Kier molecular flexibility index (Phi) is 4.32. The smallest absolute Gasteiger partial charge is 0.141 e. The first-order valence-corrected chi connectivity index (χ1v) is 6.68. The van der Waals surface area contributed by atoms with Gasteiger partial charge in [-0.2, -0.15) is 0 Å². The number of ether oxygens (including phenoxy) is 1.